The lowest BCUT2D eigenvalue weighted by Gasteiger charge is -2.17. The van der Waals surface area contributed by atoms with Crippen LogP contribution in [-0.4, -0.2) is 27.2 Å². The first-order valence-electron chi connectivity index (χ1n) is 7.11. The number of amides is 2. The number of furan rings is 1. The van der Waals surface area contributed by atoms with Crippen LogP contribution in [0.2, 0.25) is 0 Å². The zero-order chi connectivity index (χ0) is 16.4. The Morgan fingerprint density at radius 3 is 2.87 bits per heavy atom. The van der Waals surface area contributed by atoms with Gasteiger partial charge in [0.15, 0.2) is 0 Å². The highest BCUT2D eigenvalue weighted by Crippen LogP contribution is 2.32. The molecule has 1 aromatic heterocycles. The number of fused-ring (bicyclic) bond motifs is 1. The third-order valence-electron chi connectivity index (χ3n) is 3.60. The maximum Gasteiger partial charge on any atom is 0.319 e. The van der Waals surface area contributed by atoms with Crippen molar-refractivity contribution in [3.8, 4) is 0 Å². The average Bonchev–Trinajstić information content (AvgIpc) is 3.13. The maximum atomic E-state index is 11.9. The largest absolute Gasteiger partial charge is 0.467 e. The number of nitrogens with one attached hydrogen (secondary N) is 2. The molecule has 0 atom stereocenters. The van der Waals surface area contributed by atoms with Gasteiger partial charge in [0, 0.05) is 12.2 Å². The summed E-state index contributed by atoms with van der Waals surface area (Å²) in [5.74, 6) is 0.650. The van der Waals surface area contributed by atoms with Gasteiger partial charge in [-0.05, 0) is 36.2 Å². The van der Waals surface area contributed by atoms with E-state index in [2.05, 4.69) is 10.6 Å². The van der Waals surface area contributed by atoms with Crippen molar-refractivity contribution in [2.45, 2.75) is 13.0 Å². The molecule has 0 radical (unpaired) electrons. The molecule has 0 fully saturated rings. The summed E-state index contributed by atoms with van der Waals surface area (Å²) in [6.07, 6.45) is 3.39. The van der Waals surface area contributed by atoms with Gasteiger partial charge in [-0.1, -0.05) is 6.07 Å². The van der Waals surface area contributed by atoms with E-state index in [0.29, 0.717) is 30.1 Å². The first-order chi connectivity index (χ1) is 10.9. The Kier molecular flexibility index (Phi) is 3.99. The number of urea groups is 1. The Morgan fingerprint density at radius 2 is 2.17 bits per heavy atom. The van der Waals surface area contributed by atoms with Crippen molar-refractivity contribution < 1.29 is 17.6 Å². The Bertz CT molecular complexity index is 815. The zero-order valence-corrected chi connectivity index (χ0v) is 13.4. The summed E-state index contributed by atoms with van der Waals surface area (Å²) in [5.41, 5.74) is 2.12. The summed E-state index contributed by atoms with van der Waals surface area (Å²) in [6, 6.07) is 8.40. The fraction of sp³-hybridized carbons (Fsp3) is 0.267. The van der Waals surface area contributed by atoms with E-state index in [1.54, 1.807) is 24.3 Å². The molecule has 2 amide bonds. The van der Waals surface area contributed by atoms with Gasteiger partial charge in [0.25, 0.3) is 0 Å². The van der Waals surface area contributed by atoms with Gasteiger partial charge < -0.3 is 15.1 Å². The normalized spacial score (nSPS) is 13.7. The minimum absolute atomic E-state index is 0.277. The number of anilines is 2. The van der Waals surface area contributed by atoms with E-state index in [1.807, 2.05) is 6.07 Å². The van der Waals surface area contributed by atoms with Crippen LogP contribution in [0.1, 0.15) is 11.3 Å². The number of rotatable bonds is 4. The summed E-state index contributed by atoms with van der Waals surface area (Å²) in [7, 11) is -3.31. The van der Waals surface area contributed by atoms with Crippen molar-refractivity contribution in [2.75, 3.05) is 22.4 Å². The SMILES string of the molecule is CS(=O)(=O)N1CCc2ccc(NC(=O)NCc3ccco3)cc21. The minimum Gasteiger partial charge on any atom is -0.467 e. The van der Waals surface area contributed by atoms with E-state index in [0.717, 1.165) is 5.56 Å². The number of carbonyl (C=O) groups is 1. The van der Waals surface area contributed by atoms with Crippen molar-refractivity contribution in [3.05, 3.63) is 47.9 Å². The van der Waals surface area contributed by atoms with E-state index < -0.39 is 10.0 Å². The fourth-order valence-corrected chi connectivity index (χ4v) is 3.48. The maximum absolute atomic E-state index is 11.9. The van der Waals surface area contributed by atoms with Gasteiger partial charge in [-0.25, -0.2) is 13.2 Å². The molecule has 0 saturated heterocycles. The van der Waals surface area contributed by atoms with E-state index in [-0.39, 0.29) is 12.6 Å². The Morgan fingerprint density at radius 1 is 1.35 bits per heavy atom. The second kappa shape index (κ2) is 5.96. The van der Waals surface area contributed by atoms with E-state index >= 15 is 0 Å². The molecule has 8 heteroatoms. The van der Waals surface area contributed by atoms with Crippen LogP contribution in [0, 0.1) is 0 Å². The number of hydrogen-bond donors (Lipinski definition) is 2. The van der Waals surface area contributed by atoms with Crippen LogP contribution in [0.5, 0.6) is 0 Å². The first kappa shape index (κ1) is 15.4. The lowest BCUT2D eigenvalue weighted by molar-refractivity contribution is 0.251. The van der Waals surface area contributed by atoms with Crippen LogP contribution in [0.3, 0.4) is 0 Å². The second-order valence-electron chi connectivity index (χ2n) is 5.32. The van der Waals surface area contributed by atoms with Crippen LogP contribution >= 0.6 is 0 Å². The monoisotopic (exact) mass is 335 g/mol. The molecule has 1 aliphatic heterocycles. The van der Waals surface area contributed by atoms with Crippen LogP contribution in [0.15, 0.2) is 41.0 Å². The number of benzene rings is 1. The molecule has 1 aromatic carbocycles. The summed E-state index contributed by atoms with van der Waals surface area (Å²) in [5, 5.41) is 5.36. The summed E-state index contributed by atoms with van der Waals surface area (Å²) >= 11 is 0. The molecule has 7 nitrogen and oxygen atoms in total. The summed E-state index contributed by atoms with van der Waals surface area (Å²) in [4.78, 5) is 11.9. The van der Waals surface area contributed by atoms with Crippen molar-refractivity contribution >= 4 is 27.4 Å². The molecule has 0 spiro atoms. The first-order valence-corrected chi connectivity index (χ1v) is 8.96. The zero-order valence-electron chi connectivity index (χ0n) is 12.6. The number of hydrogen-bond acceptors (Lipinski definition) is 4. The molecule has 2 aromatic rings. The van der Waals surface area contributed by atoms with Crippen molar-refractivity contribution in [1.29, 1.82) is 0 Å². The third-order valence-corrected chi connectivity index (χ3v) is 4.78. The molecular formula is C15H17N3O4S. The van der Waals surface area contributed by atoms with Gasteiger partial charge >= 0.3 is 6.03 Å². The Hall–Kier alpha value is -2.48. The minimum atomic E-state index is -3.31. The van der Waals surface area contributed by atoms with Crippen LogP contribution in [0.25, 0.3) is 0 Å². The number of sulfonamides is 1. The predicted molar refractivity (Wildman–Crippen MR) is 86.9 cm³/mol. The average molecular weight is 335 g/mol. The van der Waals surface area contributed by atoms with Crippen LogP contribution in [-0.2, 0) is 23.0 Å². The summed E-state index contributed by atoms with van der Waals surface area (Å²) in [6.45, 7) is 0.710. The molecule has 1 aliphatic rings. The second-order valence-corrected chi connectivity index (χ2v) is 7.22. The van der Waals surface area contributed by atoms with Crippen molar-refractivity contribution in [2.24, 2.45) is 0 Å². The highest BCUT2D eigenvalue weighted by molar-refractivity contribution is 7.92. The predicted octanol–water partition coefficient (Wildman–Crippen LogP) is 1.92. The molecule has 122 valence electrons. The molecular weight excluding hydrogens is 318 g/mol. The smallest absolute Gasteiger partial charge is 0.319 e. The van der Waals surface area contributed by atoms with E-state index in [4.69, 9.17) is 4.42 Å². The molecule has 2 heterocycles. The van der Waals surface area contributed by atoms with Crippen molar-refractivity contribution in [1.82, 2.24) is 5.32 Å². The molecule has 0 bridgehead atoms. The van der Waals surface area contributed by atoms with Crippen LogP contribution < -0.4 is 14.9 Å². The van der Waals surface area contributed by atoms with Gasteiger partial charge in [0.2, 0.25) is 10.0 Å². The Labute approximate surface area is 134 Å². The van der Waals surface area contributed by atoms with E-state index in [9.17, 15) is 13.2 Å². The fourth-order valence-electron chi connectivity index (χ4n) is 2.53. The molecule has 0 aliphatic carbocycles. The molecule has 0 saturated carbocycles. The quantitative estimate of drug-likeness (QED) is 0.893. The molecule has 0 unspecified atom stereocenters. The Balaban J connectivity index is 1.68. The molecule has 3 rings (SSSR count). The lowest BCUT2D eigenvalue weighted by atomic mass is 10.1. The van der Waals surface area contributed by atoms with E-state index in [1.165, 1.54) is 16.8 Å². The highest BCUT2D eigenvalue weighted by atomic mass is 32.2. The van der Waals surface area contributed by atoms with Crippen LogP contribution in [0.4, 0.5) is 16.2 Å². The van der Waals surface area contributed by atoms with Gasteiger partial charge in [-0.15, -0.1) is 0 Å². The van der Waals surface area contributed by atoms with Gasteiger partial charge in [-0.2, -0.15) is 0 Å². The van der Waals surface area contributed by atoms with Gasteiger partial charge in [-0.3, -0.25) is 4.31 Å². The molecule has 23 heavy (non-hydrogen) atoms. The third kappa shape index (κ3) is 3.48. The lowest BCUT2D eigenvalue weighted by Crippen LogP contribution is -2.29. The van der Waals surface area contributed by atoms with Crippen molar-refractivity contribution in [3.63, 3.8) is 0 Å². The van der Waals surface area contributed by atoms with Gasteiger partial charge in [0.05, 0.1) is 24.8 Å². The summed E-state index contributed by atoms with van der Waals surface area (Å²) < 4.78 is 30.0. The topological polar surface area (TPSA) is 91.7 Å². The number of carbonyl (C=O) groups excluding carboxylic acids is 1. The number of nitrogens with zero attached hydrogens (tertiary/aromatic N) is 1. The highest BCUT2D eigenvalue weighted by Gasteiger charge is 2.26. The molecule has 2 N–H and O–H groups in total. The van der Waals surface area contributed by atoms with Gasteiger partial charge in [0.1, 0.15) is 5.76 Å². The standard InChI is InChI=1S/C15H17N3O4S/c1-23(20,21)18-7-6-11-4-5-12(9-14(11)18)17-15(19)16-10-13-3-2-8-22-13/h2-5,8-9H,6-7,10H2,1H3,(H2,16,17,19).